The van der Waals surface area contributed by atoms with Gasteiger partial charge in [0.05, 0.1) is 6.61 Å². The molecule has 1 atom stereocenters. The van der Waals surface area contributed by atoms with Gasteiger partial charge in [0.15, 0.2) is 0 Å². The van der Waals surface area contributed by atoms with Crippen LogP contribution in [0.2, 0.25) is 0 Å². The molecule has 1 unspecified atom stereocenters. The van der Waals surface area contributed by atoms with Crippen LogP contribution in [0.1, 0.15) is 56.2 Å². The van der Waals surface area contributed by atoms with Crippen LogP contribution in [0.4, 0.5) is 0 Å². The molecule has 1 aromatic rings. The number of benzene rings is 1. The zero-order valence-electron chi connectivity index (χ0n) is 11.7. The summed E-state index contributed by atoms with van der Waals surface area (Å²) in [6.07, 6.45) is 6.37. The molecule has 0 bridgehead atoms. The molecule has 1 aliphatic heterocycles. The van der Waals surface area contributed by atoms with E-state index in [0.29, 0.717) is 6.04 Å². The molecule has 1 aromatic carbocycles. The Morgan fingerprint density at radius 2 is 2.17 bits per heavy atom. The lowest BCUT2D eigenvalue weighted by molar-refractivity contribution is 0.251. The van der Waals surface area contributed by atoms with Crippen molar-refractivity contribution >= 4 is 0 Å². The first-order valence-electron chi connectivity index (χ1n) is 7.28. The summed E-state index contributed by atoms with van der Waals surface area (Å²) in [6, 6.07) is 6.94. The van der Waals surface area contributed by atoms with Crippen molar-refractivity contribution in [2.45, 2.75) is 52.0 Å². The van der Waals surface area contributed by atoms with Gasteiger partial charge in [-0.2, -0.15) is 0 Å². The maximum absolute atomic E-state index is 5.79. The molecule has 0 saturated carbocycles. The van der Waals surface area contributed by atoms with E-state index in [9.17, 15) is 0 Å². The molecule has 0 amide bonds. The number of ether oxygens (including phenoxy) is 1. The van der Waals surface area contributed by atoms with Crippen molar-refractivity contribution in [3.05, 3.63) is 29.3 Å². The van der Waals surface area contributed by atoms with E-state index in [1.165, 1.54) is 36.8 Å². The van der Waals surface area contributed by atoms with Gasteiger partial charge in [-0.1, -0.05) is 44.4 Å². The lowest BCUT2D eigenvalue weighted by Crippen LogP contribution is -2.28. The van der Waals surface area contributed by atoms with Gasteiger partial charge >= 0.3 is 0 Å². The van der Waals surface area contributed by atoms with Crippen LogP contribution in [0, 0.1) is 6.92 Å². The molecule has 0 aromatic heterocycles. The van der Waals surface area contributed by atoms with Crippen molar-refractivity contribution in [2.75, 3.05) is 13.2 Å². The first kappa shape index (κ1) is 13.4. The van der Waals surface area contributed by atoms with E-state index in [1.807, 2.05) is 0 Å². The van der Waals surface area contributed by atoms with Gasteiger partial charge in [0.1, 0.15) is 5.75 Å². The molecular weight excluding hydrogens is 222 g/mol. The number of aryl methyl sites for hydroxylation is 1. The largest absolute Gasteiger partial charge is 0.493 e. The van der Waals surface area contributed by atoms with Crippen LogP contribution in [-0.4, -0.2) is 13.2 Å². The second kappa shape index (κ2) is 6.79. The number of nitrogens with one attached hydrogen (secondary N) is 1. The molecule has 0 aliphatic carbocycles. The van der Waals surface area contributed by atoms with E-state index in [4.69, 9.17) is 4.74 Å². The number of para-hydroxylation sites is 1. The number of rotatable bonds is 6. The van der Waals surface area contributed by atoms with Crippen molar-refractivity contribution in [1.82, 2.24) is 5.32 Å². The Hall–Kier alpha value is -1.02. The summed E-state index contributed by atoms with van der Waals surface area (Å²) >= 11 is 0. The number of fused-ring (bicyclic) bond motifs is 1. The topological polar surface area (TPSA) is 21.3 Å². The zero-order chi connectivity index (χ0) is 12.8. The molecule has 2 nitrogen and oxygen atoms in total. The van der Waals surface area contributed by atoms with E-state index in [1.54, 1.807) is 0 Å². The van der Waals surface area contributed by atoms with Gasteiger partial charge in [0, 0.05) is 18.0 Å². The lowest BCUT2D eigenvalue weighted by atomic mass is 9.98. The molecule has 0 radical (unpaired) electrons. The standard InChI is InChI=1S/C16H25NO/c1-3-4-5-6-11-17-15-10-12-18-16-13(2)8-7-9-14(15)16/h7-9,15,17H,3-6,10-12H2,1-2H3. The maximum atomic E-state index is 5.79. The van der Waals surface area contributed by atoms with Crippen LogP contribution >= 0.6 is 0 Å². The summed E-state index contributed by atoms with van der Waals surface area (Å²) in [7, 11) is 0. The third kappa shape index (κ3) is 3.26. The fourth-order valence-corrected chi connectivity index (χ4v) is 2.62. The summed E-state index contributed by atoms with van der Waals surface area (Å²) in [5, 5.41) is 3.68. The predicted octanol–water partition coefficient (Wildman–Crippen LogP) is 3.99. The van der Waals surface area contributed by atoms with Crippen LogP contribution in [0.25, 0.3) is 0 Å². The highest BCUT2D eigenvalue weighted by molar-refractivity contribution is 5.43. The molecule has 1 N–H and O–H groups in total. The van der Waals surface area contributed by atoms with Gasteiger partial charge < -0.3 is 10.1 Å². The van der Waals surface area contributed by atoms with Crippen molar-refractivity contribution in [1.29, 1.82) is 0 Å². The minimum Gasteiger partial charge on any atom is -0.493 e. The number of hydrogen-bond acceptors (Lipinski definition) is 2. The zero-order valence-corrected chi connectivity index (χ0v) is 11.7. The Bertz CT molecular complexity index is 375. The second-order valence-corrected chi connectivity index (χ2v) is 5.20. The van der Waals surface area contributed by atoms with Crippen molar-refractivity contribution in [3.8, 4) is 5.75 Å². The van der Waals surface area contributed by atoms with Gasteiger partial charge in [-0.3, -0.25) is 0 Å². The molecule has 1 aliphatic rings. The third-order valence-corrected chi connectivity index (χ3v) is 3.69. The minimum atomic E-state index is 0.482. The minimum absolute atomic E-state index is 0.482. The van der Waals surface area contributed by atoms with E-state index in [2.05, 4.69) is 37.4 Å². The highest BCUT2D eigenvalue weighted by atomic mass is 16.5. The fraction of sp³-hybridized carbons (Fsp3) is 0.625. The molecule has 18 heavy (non-hydrogen) atoms. The molecule has 2 heteroatoms. The SMILES string of the molecule is CCCCCCNC1CCOc2c(C)cccc21. The number of hydrogen-bond donors (Lipinski definition) is 1. The highest BCUT2D eigenvalue weighted by Gasteiger charge is 2.21. The van der Waals surface area contributed by atoms with Gasteiger partial charge in [0.25, 0.3) is 0 Å². The van der Waals surface area contributed by atoms with E-state index in [0.717, 1.165) is 25.3 Å². The molecule has 2 rings (SSSR count). The predicted molar refractivity (Wildman–Crippen MR) is 76.2 cm³/mol. The molecule has 0 spiro atoms. The van der Waals surface area contributed by atoms with Gasteiger partial charge in [-0.15, -0.1) is 0 Å². The van der Waals surface area contributed by atoms with Gasteiger partial charge in [-0.05, 0) is 25.5 Å². The first-order valence-corrected chi connectivity index (χ1v) is 7.28. The Labute approximate surface area is 111 Å². The first-order chi connectivity index (χ1) is 8.83. The quantitative estimate of drug-likeness (QED) is 0.767. The van der Waals surface area contributed by atoms with Gasteiger partial charge in [0.2, 0.25) is 0 Å². The van der Waals surface area contributed by atoms with E-state index >= 15 is 0 Å². The smallest absolute Gasteiger partial charge is 0.126 e. The van der Waals surface area contributed by atoms with Crippen molar-refractivity contribution < 1.29 is 4.74 Å². The third-order valence-electron chi connectivity index (χ3n) is 3.69. The van der Waals surface area contributed by atoms with Gasteiger partial charge in [-0.25, -0.2) is 0 Å². The maximum Gasteiger partial charge on any atom is 0.126 e. The number of unbranched alkanes of at least 4 members (excludes halogenated alkanes) is 3. The second-order valence-electron chi connectivity index (χ2n) is 5.20. The average molecular weight is 247 g/mol. The van der Waals surface area contributed by atoms with Crippen molar-refractivity contribution in [2.24, 2.45) is 0 Å². The normalized spacial score (nSPS) is 18.2. The van der Waals surface area contributed by atoms with Crippen LogP contribution in [0.5, 0.6) is 5.75 Å². The lowest BCUT2D eigenvalue weighted by Gasteiger charge is -2.28. The summed E-state index contributed by atoms with van der Waals surface area (Å²) in [4.78, 5) is 0. The average Bonchev–Trinajstić information content (AvgIpc) is 2.39. The van der Waals surface area contributed by atoms with E-state index in [-0.39, 0.29) is 0 Å². The highest BCUT2D eigenvalue weighted by Crippen LogP contribution is 2.34. The summed E-state index contributed by atoms with van der Waals surface area (Å²) in [5.41, 5.74) is 2.60. The molecule has 0 fully saturated rings. The Balaban J connectivity index is 1.90. The molecule has 1 heterocycles. The Morgan fingerprint density at radius 3 is 3.00 bits per heavy atom. The van der Waals surface area contributed by atoms with Crippen molar-refractivity contribution in [3.63, 3.8) is 0 Å². The Kier molecular flexibility index (Phi) is 5.06. The Morgan fingerprint density at radius 1 is 1.28 bits per heavy atom. The van der Waals surface area contributed by atoms with E-state index < -0.39 is 0 Å². The van der Waals surface area contributed by atoms with Crippen LogP contribution in [0.3, 0.4) is 0 Å². The van der Waals surface area contributed by atoms with Crippen LogP contribution < -0.4 is 10.1 Å². The molecule has 100 valence electrons. The summed E-state index contributed by atoms with van der Waals surface area (Å²) in [5.74, 6) is 1.11. The summed E-state index contributed by atoms with van der Waals surface area (Å²) < 4.78 is 5.79. The monoisotopic (exact) mass is 247 g/mol. The molecule has 0 saturated heterocycles. The fourth-order valence-electron chi connectivity index (χ4n) is 2.62. The summed E-state index contributed by atoms with van der Waals surface area (Å²) in [6.45, 7) is 6.34. The molecular formula is C16H25NO. The van der Waals surface area contributed by atoms with Crippen LogP contribution in [0.15, 0.2) is 18.2 Å². The van der Waals surface area contributed by atoms with Crippen LogP contribution in [-0.2, 0) is 0 Å².